The van der Waals surface area contributed by atoms with Gasteiger partial charge in [-0.05, 0) is 47.9 Å². The monoisotopic (exact) mass is 385 g/mol. The summed E-state index contributed by atoms with van der Waals surface area (Å²) in [5.41, 5.74) is 3.20. The summed E-state index contributed by atoms with van der Waals surface area (Å²) in [5, 5.41) is 6.69. The minimum absolute atomic E-state index is 0.384. The molecule has 2 atom stereocenters. The molecule has 0 amide bonds. The Morgan fingerprint density at radius 1 is 1.15 bits per heavy atom. The van der Waals surface area contributed by atoms with Gasteiger partial charge in [-0.1, -0.05) is 42.5 Å². The second-order valence-corrected chi connectivity index (χ2v) is 9.18. The second kappa shape index (κ2) is 8.13. The van der Waals surface area contributed by atoms with E-state index in [-0.39, 0.29) is 0 Å². The Bertz CT molecular complexity index is 924. The van der Waals surface area contributed by atoms with Gasteiger partial charge in [-0.25, -0.2) is 8.42 Å². The molecular weight excluding hydrogens is 358 g/mol. The molecule has 1 saturated carbocycles. The Balaban J connectivity index is 1.50. The molecule has 1 fully saturated rings. The largest absolute Gasteiger partial charge is 0.356 e. The Kier molecular flexibility index (Phi) is 5.85. The first-order valence-corrected chi connectivity index (χ1v) is 11.1. The van der Waals surface area contributed by atoms with Crippen LogP contribution in [0.3, 0.4) is 0 Å². The van der Waals surface area contributed by atoms with Crippen LogP contribution in [-0.4, -0.2) is 34.2 Å². The lowest BCUT2D eigenvalue weighted by molar-refractivity contribution is 0.601. The zero-order valence-corrected chi connectivity index (χ0v) is 16.9. The Labute approximate surface area is 161 Å². The number of hydrogen-bond donors (Lipinski definition) is 2. The van der Waals surface area contributed by atoms with Crippen LogP contribution < -0.4 is 10.6 Å². The molecule has 0 bridgehead atoms. The number of rotatable bonds is 6. The number of sulfone groups is 1. The van der Waals surface area contributed by atoms with E-state index in [0.29, 0.717) is 23.3 Å². The fourth-order valence-electron chi connectivity index (χ4n) is 3.45. The SMILES string of the molecule is CN=C(NCc1ccc(S(C)(=O)=O)c(C)c1)NCC1CC1c1ccccc1. The van der Waals surface area contributed by atoms with Gasteiger partial charge in [0.2, 0.25) is 0 Å². The van der Waals surface area contributed by atoms with Crippen molar-refractivity contribution in [2.45, 2.75) is 30.7 Å². The van der Waals surface area contributed by atoms with Crippen molar-refractivity contribution in [2.24, 2.45) is 10.9 Å². The van der Waals surface area contributed by atoms with E-state index in [1.165, 1.54) is 18.2 Å². The Morgan fingerprint density at radius 2 is 1.89 bits per heavy atom. The molecule has 6 heteroatoms. The fraction of sp³-hybridized carbons (Fsp3) is 0.381. The number of aryl methyl sites for hydroxylation is 1. The lowest BCUT2D eigenvalue weighted by Gasteiger charge is -2.13. The Morgan fingerprint density at radius 3 is 2.52 bits per heavy atom. The van der Waals surface area contributed by atoms with Crippen LogP contribution in [0.15, 0.2) is 58.4 Å². The van der Waals surface area contributed by atoms with E-state index in [2.05, 4.69) is 46.0 Å². The number of nitrogens with zero attached hydrogens (tertiary/aromatic N) is 1. The smallest absolute Gasteiger partial charge is 0.191 e. The molecule has 2 aromatic rings. The maximum Gasteiger partial charge on any atom is 0.191 e. The van der Waals surface area contributed by atoms with Crippen LogP contribution in [-0.2, 0) is 16.4 Å². The number of aliphatic imine (C=N–C) groups is 1. The molecule has 0 radical (unpaired) electrons. The normalized spacial score (nSPS) is 19.6. The van der Waals surface area contributed by atoms with Crippen molar-refractivity contribution < 1.29 is 8.42 Å². The van der Waals surface area contributed by atoms with Crippen molar-refractivity contribution in [2.75, 3.05) is 19.8 Å². The van der Waals surface area contributed by atoms with E-state index < -0.39 is 9.84 Å². The van der Waals surface area contributed by atoms with Gasteiger partial charge >= 0.3 is 0 Å². The maximum absolute atomic E-state index is 11.7. The molecule has 144 valence electrons. The van der Waals surface area contributed by atoms with Gasteiger partial charge in [0.05, 0.1) is 4.90 Å². The number of hydrogen-bond acceptors (Lipinski definition) is 3. The van der Waals surface area contributed by atoms with Crippen molar-refractivity contribution in [3.8, 4) is 0 Å². The summed E-state index contributed by atoms with van der Waals surface area (Å²) in [4.78, 5) is 4.66. The van der Waals surface area contributed by atoms with E-state index >= 15 is 0 Å². The van der Waals surface area contributed by atoms with E-state index in [9.17, 15) is 8.42 Å². The van der Waals surface area contributed by atoms with E-state index in [1.54, 1.807) is 13.1 Å². The summed E-state index contributed by atoms with van der Waals surface area (Å²) >= 11 is 0. The molecule has 1 aliphatic carbocycles. The van der Waals surface area contributed by atoms with Gasteiger partial charge in [0.1, 0.15) is 0 Å². The van der Waals surface area contributed by atoms with Crippen molar-refractivity contribution >= 4 is 15.8 Å². The average molecular weight is 386 g/mol. The average Bonchev–Trinajstić information content (AvgIpc) is 3.41. The quantitative estimate of drug-likeness (QED) is 0.593. The standard InChI is InChI=1S/C21H27N3O2S/c1-15-11-16(9-10-20(15)27(3,25)26)13-23-21(22-2)24-14-18-12-19(18)17-7-5-4-6-8-17/h4-11,18-19H,12-14H2,1-3H3,(H2,22,23,24). The summed E-state index contributed by atoms with van der Waals surface area (Å²) in [6, 6.07) is 16.0. The van der Waals surface area contributed by atoms with E-state index in [1.807, 2.05) is 19.1 Å². The zero-order valence-electron chi connectivity index (χ0n) is 16.1. The predicted molar refractivity (Wildman–Crippen MR) is 110 cm³/mol. The molecule has 3 rings (SSSR count). The van der Waals surface area contributed by atoms with Crippen LogP contribution in [0.2, 0.25) is 0 Å². The van der Waals surface area contributed by atoms with E-state index in [4.69, 9.17) is 0 Å². The maximum atomic E-state index is 11.7. The highest BCUT2D eigenvalue weighted by Crippen LogP contribution is 2.46. The van der Waals surface area contributed by atoms with Crippen molar-refractivity contribution in [1.29, 1.82) is 0 Å². The van der Waals surface area contributed by atoms with Crippen LogP contribution in [0.4, 0.5) is 0 Å². The summed E-state index contributed by atoms with van der Waals surface area (Å²) in [6.45, 7) is 3.31. The topological polar surface area (TPSA) is 70.6 Å². The lowest BCUT2D eigenvalue weighted by Crippen LogP contribution is -2.38. The van der Waals surface area contributed by atoms with Gasteiger partial charge in [-0.15, -0.1) is 0 Å². The minimum Gasteiger partial charge on any atom is -0.356 e. The van der Waals surface area contributed by atoms with Gasteiger partial charge < -0.3 is 10.6 Å². The highest BCUT2D eigenvalue weighted by Gasteiger charge is 2.37. The molecule has 0 aromatic heterocycles. The molecule has 2 unspecified atom stereocenters. The second-order valence-electron chi connectivity index (χ2n) is 7.19. The third-order valence-electron chi connectivity index (χ3n) is 5.00. The fourth-order valence-corrected chi connectivity index (χ4v) is 4.41. The van der Waals surface area contributed by atoms with E-state index in [0.717, 1.165) is 23.6 Å². The van der Waals surface area contributed by atoms with Gasteiger partial charge in [0.25, 0.3) is 0 Å². The van der Waals surface area contributed by atoms with Crippen LogP contribution in [0.1, 0.15) is 29.0 Å². The lowest BCUT2D eigenvalue weighted by atomic mass is 10.1. The summed E-state index contributed by atoms with van der Waals surface area (Å²) in [6.07, 6.45) is 2.44. The molecule has 27 heavy (non-hydrogen) atoms. The van der Waals surface area contributed by atoms with Crippen LogP contribution in [0.5, 0.6) is 0 Å². The molecule has 2 aromatic carbocycles. The first kappa shape index (κ1) is 19.4. The first-order chi connectivity index (χ1) is 12.9. The zero-order chi connectivity index (χ0) is 19.4. The summed E-state index contributed by atoms with van der Waals surface area (Å²) < 4.78 is 23.4. The molecule has 0 heterocycles. The molecule has 5 nitrogen and oxygen atoms in total. The van der Waals surface area contributed by atoms with Gasteiger partial charge in [0, 0.05) is 26.4 Å². The molecular formula is C21H27N3O2S. The third-order valence-corrected chi connectivity index (χ3v) is 6.26. The van der Waals surface area contributed by atoms with Gasteiger partial charge in [-0.3, -0.25) is 4.99 Å². The van der Waals surface area contributed by atoms with Gasteiger partial charge in [-0.2, -0.15) is 0 Å². The molecule has 2 N–H and O–H groups in total. The van der Waals surface area contributed by atoms with Crippen molar-refractivity contribution in [1.82, 2.24) is 10.6 Å². The first-order valence-electron chi connectivity index (χ1n) is 9.17. The third kappa shape index (κ3) is 5.10. The van der Waals surface area contributed by atoms with Gasteiger partial charge in [0.15, 0.2) is 15.8 Å². The van der Waals surface area contributed by atoms with Crippen LogP contribution >= 0.6 is 0 Å². The Hall–Kier alpha value is -2.34. The minimum atomic E-state index is -3.18. The number of guanidine groups is 1. The van der Waals surface area contributed by atoms with Crippen molar-refractivity contribution in [3.63, 3.8) is 0 Å². The number of nitrogens with one attached hydrogen (secondary N) is 2. The van der Waals surface area contributed by atoms with Crippen LogP contribution in [0, 0.1) is 12.8 Å². The highest BCUT2D eigenvalue weighted by molar-refractivity contribution is 7.90. The molecule has 0 spiro atoms. The molecule has 0 saturated heterocycles. The van der Waals surface area contributed by atoms with Crippen molar-refractivity contribution in [3.05, 3.63) is 65.2 Å². The van der Waals surface area contributed by atoms with Crippen LogP contribution in [0.25, 0.3) is 0 Å². The molecule has 0 aliphatic heterocycles. The predicted octanol–water partition coefficient (Wildman–Crippen LogP) is 2.87. The number of benzene rings is 2. The highest BCUT2D eigenvalue weighted by atomic mass is 32.2. The summed E-state index contributed by atoms with van der Waals surface area (Å²) in [5.74, 6) is 2.05. The summed E-state index contributed by atoms with van der Waals surface area (Å²) in [7, 11) is -1.42. The molecule has 1 aliphatic rings.